The van der Waals surface area contributed by atoms with Crippen LogP contribution in [-0.4, -0.2) is 25.7 Å². The summed E-state index contributed by atoms with van der Waals surface area (Å²) in [5.41, 5.74) is 2.49. The molecule has 26 heavy (non-hydrogen) atoms. The number of carbonyl (C=O) groups is 2. The zero-order valence-corrected chi connectivity index (χ0v) is 14.3. The summed E-state index contributed by atoms with van der Waals surface area (Å²) in [6.45, 7) is 0.415. The normalized spacial score (nSPS) is 9.23. The molecule has 2 aromatic rings. The van der Waals surface area contributed by atoms with Gasteiger partial charge < -0.3 is 15.4 Å². The molecule has 0 saturated carbocycles. The van der Waals surface area contributed by atoms with Crippen molar-refractivity contribution in [1.82, 2.24) is 5.32 Å². The van der Waals surface area contributed by atoms with Crippen LogP contribution in [0, 0.1) is 24.2 Å². The van der Waals surface area contributed by atoms with E-state index in [1.807, 2.05) is 6.07 Å². The first-order valence-electron chi connectivity index (χ1n) is 7.91. The van der Waals surface area contributed by atoms with Crippen molar-refractivity contribution in [1.29, 1.82) is 0 Å². The van der Waals surface area contributed by atoms with Gasteiger partial charge in [0.15, 0.2) is 0 Å². The number of hydrogen-bond donors (Lipinski definition) is 2. The van der Waals surface area contributed by atoms with Crippen molar-refractivity contribution in [2.75, 3.05) is 19.0 Å². The van der Waals surface area contributed by atoms with Crippen molar-refractivity contribution in [3.05, 3.63) is 65.2 Å². The average molecular weight is 346 g/mol. The molecule has 0 atom stereocenters. The number of nitrogens with one attached hydrogen (secondary N) is 2. The summed E-state index contributed by atoms with van der Waals surface area (Å²) in [6.07, 6.45) is 5.62. The van der Waals surface area contributed by atoms with E-state index in [-0.39, 0.29) is 6.03 Å². The number of rotatable bonds is 4. The molecule has 2 rings (SSSR count). The summed E-state index contributed by atoms with van der Waals surface area (Å²) in [5, 5.41) is 5.38. The van der Waals surface area contributed by atoms with Crippen LogP contribution >= 0.6 is 0 Å². The van der Waals surface area contributed by atoms with Crippen LogP contribution in [0.2, 0.25) is 0 Å². The van der Waals surface area contributed by atoms with Crippen LogP contribution < -0.4 is 10.6 Å². The molecular formula is C21H18N2O3. The van der Waals surface area contributed by atoms with Gasteiger partial charge in [0.1, 0.15) is 0 Å². The van der Waals surface area contributed by atoms with Crippen molar-refractivity contribution in [3.63, 3.8) is 0 Å². The SMILES string of the molecule is C#CCCNC(=O)Nc1cccc(C#Cc2cccc(C(=O)OC)c2)c1. The molecule has 0 aliphatic heterocycles. The number of urea groups is 1. The minimum Gasteiger partial charge on any atom is -0.465 e. The lowest BCUT2D eigenvalue weighted by molar-refractivity contribution is 0.0600. The van der Waals surface area contributed by atoms with Crippen molar-refractivity contribution in [2.24, 2.45) is 0 Å². The Kier molecular flexibility index (Phi) is 6.85. The van der Waals surface area contributed by atoms with Crippen LogP contribution in [0.25, 0.3) is 0 Å². The molecule has 0 aromatic heterocycles. The van der Waals surface area contributed by atoms with E-state index in [9.17, 15) is 9.59 Å². The van der Waals surface area contributed by atoms with Gasteiger partial charge in [-0.3, -0.25) is 0 Å². The second-order valence-electron chi connectivity index (χ2n) is 5.24. The fourth-order valence-corrected chi connectivity index (χ4v) is 2.08. The standard InChI is InChI=1S/C21H18N2O3/c1-3-4-13-22-21(25)23-19-10-6-8-17(15-19)12-11-16-7-5-9-18(14-16)20(24)26-2/h1,5-10,14-15H,4,13H2,2H3,(H2,22,23,25). The fraction of sp³-hybridized carbons (Fsp3) is 0.143. The molecule has 0 fully saturated rings. The number of hydrogen-bond acceptors (Lipinski definition) is 3. The minimum atomic E-state index is -0.407. The molecule has 130 valence electrons. The number of anilines is 1. The predicted octanol–water partition coefficient (Wildman–Crippen LogP) is 3.02. The molecule has 0 radical (unpaired) electrons. The Balaban J connectivity index is 2.08. The average Bonchev–Trinajstić information content (AvgIpc) is 2.66. The minimum absolute atomic E-state index is 0.323. The molecule has 0 heterocycles. The lowest BCUT2D eigenvalue weighted by Gasteiger charge is -2.06. The molecule has 0 bridgehead atoms. The molecule has 5 nitrogen and oxygen atoms in total. The Bertz CT molecular complexity index is 901. The van der Waals surface area contributed by atoms with Gasteiger partial charge in [-0.2, -0.15) is 0 Å². The van der Waals surface area contributed by atoms with E-state index in [2.05, 4.69) is 28.4 Å². The van der Waals surface area contributed by atoms with Gasteiger partial charge in [0.25, 0.3) is 0 Å². The number of amides is 2. The van der Waals surface area contributed by atoms with Crippen LogP contribution in [0.4, 0.5) is 10.5 Å². The van der Waals surface area contributed by atoms with Gasteiger partial charge in [-0.25, -0.2) is 9.59 Å². The third-order valence-corrected chi connectivity index (χ3v) is 3.31. The number of terminal acetylenes is 1. The highest BCUT2D eigenvalue weighted by Crippen LogP contribution is 2.10. The van der Waals surface area contributed by atoms with Gasteiger partial charge in [0.05, 0.1) is 12.7 Å². The van der Waals surface area contributed by atoms with Gasteiger partial charge in [-0.15, -0.1) is 12.3 Å². The molecule has 2 N–H and O–H groups in total. The zero-order valence-electron chi connectivity index (χ0n) is 14.3. The lowest BCUT2D eigenvalue weighted by atomic mass is 10.1. The first-order chi connectivity index (χ1) is 12.6. The summed E-state index contributed by atoms with van der Waals surface area (Å²) in [6, 6.07) is 13.7. The molecule has 0 saturated heterocycles. The van der Waals surface area contributed by atoms with E-state index in [1.54, 1.807) is 42.5 Å². The summed E-state index contributed by atoms with van der Waals surface area (Å²) >= 11 is 0. The Morgan fingerprint density at radius 3 is 2.46 bits per heavy atom. The fourth-order valence-electron chi connectivity index (χ4n) is 2.08. The highest BCUT2D eigenvalue weighted by atomic mass is 16.5. The number of benzene rings is 2. The van der Waals surface area contributed by atoms with Gasteiger partial charge >= 0.3 is 12.0 Å². The van der Waals surface area contributed by atoms with Crippen LogP contribution in [0.3, 0.4) is 0 Å². The highest BCUT2D eigenvalue weighted by Gasteiger charge is 2.04. The van der Waals surface area contributed by atoms with E-state index in [1.165, 1.54) is 7.11 Å². The number of methoxy groups -OCH3 is 1. The molecule has 0 spiro atoms. The maximum atomic E-state index is 11.7. The summed E-state index contributed by atoms with van der Waals surface area (Å²) < 4.78 is 4.70. The van der Waals surface area contributed by atoms with Crippen LogP contribution in [-0.2, 0) is 4.74 Å². The van der Waals surface area contributed by atoms with Crippen molar-refractivity contribution in [2.45, 2.75) is 6.42 Å². The van der Waals surface area contributed by atoms with Crippen LogP contribution in [0.5, 0.6) is 0 Å². The zero-order chi connectivity index (χ0) is 18.8. The summed E-state index contributed by atoms with van der Waals surface area (Å²) in [5.74, 6) is 8.05. The molecular weight excluding hydrogens is 328 g/mol. The maximum Gasteiger partial charge on any atom is 0.337 e. The molecule has 2 aromatic carbocycles. The van der Waals surface area contributed by atoms with Gasteiger partial charge in [-0.05, 0) is 36.4 Å². The van der Waals surface area contributed by atoms with Crippen LogP contribution in [0.15, 0.2) is 48.5 Å². The van der Waals surface area contributed by atoms with Crippen molar-refractivity contribution < 1.29 is 14.3 Å². The summed E-state index contributed by atoms with van der Waals surface area (Å²) in [7, 11) is 1.34. The topological polar surface area (TPSA) is 67.4 Å². The van der Waals surface area contributed by atoms with E-state index in [0.717, 1.165) is 5.56 Å². The molecule has 0 aliphatic rings. The first-order valence-corrected chi connectivity index (χ1v) is 7.91. The highest BCUT2D eigenvalue weighted by molar-refractivity contribution is 5.90. The largest absolute Gasteiger partial charge is 0.465 e. The third kappa shape index (κ3) is 5.74. The second-order valence-corrected chi connectivity index (χ2v) is 5.24. The van der Waals surface area contributed by atoms with E-state index >= 15 is 0 Å². The Morgan fingerprint density at radius 1 is 1.08 bits per heavy atom. The van der Waals surface area contributed by atoms with Crippen molar-refractivity contribution in [3.8, 4) is 24.2 Å². The third-order valence-electron chi connectivity index (χ3n) is 3.31. The Hall–Kier alpha value is -3.70. The smallest absolute Gasteiger partial charge is 0.337 e. The van der Waals surface area contributed by atoms with E-state index in [4.69, 9.17) is 11.2 Å². The van der Waals surface area contributed by atoms with Crippen molar-refractivity contribution >= 4 is 17.7 Å². The molecule has 0 aliphatic carbocycles. The Labute approximate surface area is 152 Å². The first kappa shape index (κ1) is 18.6. The lowest BCUT2D eigenvalue weighted by Crippen LogP contribution is -2.29. The number of ether oxygens (including phenoxy) is 1. The second kappa shape index (κ2) is 9.56. The number of carbonyl (C=O) groups excluding carboxylic acids is 2. The quantitative estimate of drug-likeness (QED) is 0.508. The number of esters is 1. The van der Waals surface area contributed by atoms with E-state index < -0.39 is 5.97 Å². The predicted molar refractivity (Wildman–Crippen MR) is 101 cm³/mol. The monoisotopic (exact) mass is 346 g/mol. The van der Waals surface area contributed by atoms with Gasteiger partial charge in [0, 0.05) is 29.8 Å². The Morgan fingerprint density at radius 2 is 1.77 bits per heavy atom. The molecule has 0 unspecified atom stereocenters. The molecule has 2 amide bonds. The maximum absolute atomic E-state index is 11.7. The van der Waals surface area contributed by atoms with Crippen LogP contribution in [0.1, 0.15) is 27.9 Å². The molecule has 5 heteroatoms. The van der Waals surface area contributed by atoms with Gasteiger partial charge in [-0.1, -0.05) is 24.0 Å². The summed E-state index contributed by atoms with van der Waals surface area (Å²) in [4.78, 5) is 23.3. The van der Waals surface area contributed by atoms with Gasteiger partial charge in [0.2, 0.25) is 0 Å². The van der Waals surface area contributed by atoms with E-state index in [0.29, 0.717) is 29.8 Å².